The van der Waals surface area contributed by atoms with Crippen LogP contribution in [-0.2, 0) is 0 Å². The van der Waals surface area contributed by atoms with Gasteiger partial charge in [-0.2, -0.15) is 0 Å². The summed E-state index contributed by atoms with van der Waals surface area (Å²) in [6.45, 7) is 9.50. The lowest BCUT2D eigenvalue weighted by Gasteiger charge is -2.34. The Morgan fingerprint density at radius 3 is 2.52 bits per heavy atom. The van der Waals surface area contributed by atoms with Crippen LogP contribution in [0, 0.1) is 5.92 Å². The first-order chi connectivity index (χ1) is 10.1. The third-order valence-corrected chi connectivity index (χ3v) is 4.73. The number of hydrogen-bond donors (Lipinski definition) is 0. The fourth-order valence-electron chi connectivity index (χ4n) is 2.83. The van der Waals surface area contributed by atoms with Gasteiger partial charge in [0.25, 0.3) is 5.91 Å². The molecule has 0 aromatic carbocycles. The van der Waals surface area contributed by atoms with Gasteiger partial charge in [-0.1, -0.05) is 13.8 Å². The Morgan fingerprint density at radius 1 is 1.33 bits per heavy atom. The fourth-order valence-corrected chi connectivity index (χ4v) is 3.06. The van der Waals surface area contributed by atoms with Gasteiger partial charge in [-0.25, -0.2) is 4.98 Å². The molecule has 1 saturated heterocycles. The first-order valence-corrected chi connectivity index (χ1v) is 8.56. The van der Waals surface area contributed by atoms with Crippen LogP contribution in [0.15, 0.2) is 22.8 Å². The summed E-state index contributed by atoms with van der Waals surface area (Å²) in [5, 5.41) is 0. The number of carbonyl (C=O) groups excluding carboxylic acids is 1. The molecule has 0 radical (unpaired) electrons. The summed E-state index contributed by atoms with van der Waals surface area (Å²) in [6.07, 6.45) is 3.87. The van der Waals surface area contributed by atoms with E-state index in [0.717, 1.165) is 50.0 Å². The predicted octanol–water partition coefficient (Wildman–Crippen LogP) is 3.04. The number of aromatic nitrogens is 1. The zero-order valence-corrected chi connectivity index (χ0v) is 14.5. The molecule has 116 valence electrons. The van der Waals surface area contributed by atoms with E-state index in [9.17, 15) is 4.79 Å². The third-order valence-electron chi connectivity index (χ3n) is 4.26. The van der Waals surface area contributed by atoms with E-state index >= 15 is 0 Å². The first kappa shape index (κ1) is 16.4. The highest BCUT2D eigenvalue weighted by atomic mass is 79.9. The molecule has 1 aromatic heterocycles. The molecule has 0 N–H and O–H groups in total. The molecule has 0 saturated carbocycles. The zero-order chi connectivity index (χ0) is 15.2. The Kier molecular flexibility index (Phi) is 6.18. The molecule has 0 bridgehead atoms. The summed E-state index contributed by atoms with van der Waals surface area (Å²) in [5.41, 5.74) is 0.542. The van der Waals surface area contributed by atoms with E-state index in [2.05, 4.69) is 39.7 Å². The number of carbonyl (C=O) groups is 1. The van der Waals surface area contributed by atoms with E-state index in [0.29, 0.717) is 11.6 Å². The molecule has 1 aliphatic heterocycles. The minimum atomic E-state index is 0.0591. The Balaban J connectivity index is 1.86. The van der Waals surface area contributed by atoms with Gasteiger partial charge in [-0.15, -0.1) is 0 Å². The summed E-state index contributed by atoms with van der Waals surface area (Å²) in [5.74, 6) is 0.774. The molecule has 1 aliphatic rings. The van der Waals surface area contributed by atoms with Crippen LogP contribution in [-0.4, -0.2) is 53.4 Å². The largest absolute Gasteiger partial charge is 0.337 e. The molecule has 1 aromatic rings. The van der Waals surface area contributed by atoms with E-state index in [1.165, 1.54) is 0 Å². The van der Waals surface area contributed by atoms with Crippen molar-refractivity contribution in [1.82, 2.24) is 14.8 Å². The van der Waals surface area contributed by atoms with Crippen LogP contribution in [0.2, 0.25) is 0 Å². The monoisotopic (exact) mass is 353 g/mol. The van der Waals surface area contributed by atoms with Crippen LogP contribution in [0.3, 0.4) is 0 Å². The second-order valence-corrected chi connectivity index (χ2v) is 6.50. The van der Waals surface area contributed by atoms with Gasteiger partial charge in [-0.3, -0.25) is 4.79 Å². The molecule has 1 fully saturated rings. The fraction of sp³-hybridized carbons (Fsp3) is 0.625. The average molecular weight is 354 g/mol. The second-order valence-electron chi connectivity index (χ2n) is 5.58. The van der Waals surface area contributed by atoms with Crippen molar-refractivity contribution in [2.45, 2.75) is 26.7 Å². The number of rotatable bonds is 5. The number of halogens is 1. The molecule has 0 spiro atoms. The van der Waals surface area contributed by atoms with Crippen LogP contribution >= 0.6 is 15.9 Å². The van der Waals surface area contributed by atoms with Gasteiger partial charge in [0.2, 0.25) is 0 Å². The van der Waals surface area contributed by atoms with Crippen molar-refractivity contribution in [2.75, 3.05) is 32.7 Å². The summed E-state index contributed by atoms with van der Waals surface area (Å²) in [6, 6.07) is 3.65. The summed E-state index contributed by atoms with van der Waals surface area (Å²) in [4.78, 5) is 21.0. The lowest BCUT2D eigenvalue weighted by atomic mass is 9.96. The van der Waals surface area contributed by atoms with Crippen LogP contribution in [0.5, 0.6) is 0 Å². The van der Waals surface area contributed by atoms with E-state index in [1.807, 2.05) is 11.0 Å². The molecule has 21 heavy (non-hydrogen) atoms. The SMILES string of the molecule is CCN(CC)CC1CCN(C(=O)c2ccc(Br)cn2)CC1. The lowest BCUT2D eigenvalue weighted by Crippen LogP contribution is -2.41. The van der Waals surface area contributed by atoms with Crippen molar-refractivity contribution in [2.24, 2.45) is 5.92 Å². The van der Waals surface area contributed by atoms with Crippen LogP contribution < -0.4 is 0 Å². The lowest BCUT2D eigenvalue weighted by molar-refractivity contribution is 0.0664. The molecule has 0 unspecified atom stereocenters. The van der Waals surface area contributed by atoms with Gasteiger partial charge in [0.15, 0.2) is 0 Å². The molecular formula is C16H24BrN3O. The highest BCUT2D eigenvalue weighted by molar-refractivity contribution is 9.10. The number of hydrogen-bond acceptors (Lipinski definition) is 3. The Morgan fingerprint density at radius 2 is 2.00 bits per heavy atom. The smallest absolute Gasteiger partial charge is 0.272 e. The van der Waals surface area contributed by atoms with Gasteiger partial charge < -0.3 is 9.80 Å². The van der Waals surface area contributed by atoms with Gasteiger partial charge in [-0.05, 0) is 59.9 Å². The first-order valence-electron chi connectivity index (χ1n) is 7.77. The van der Waals surface area contributed by atoms with Crippen molar-refractivity contribution in [3.05, 3.63) is 28.5 Å². The highest BCUT2D eigenvalue weighted by Crippen LogP contribution is 2.20. The van der Waals surface area contributed by atoms with Crippen LogP contribution in [0.1, 0.15) is 37.2 Å². The molecule has 0 atom stereocenters. The Bertz CT molecular complexity index is 451. The van der Waals surface area contributed by atoms with Crippen molar-refractivity contribution in [1.29, 1.82) is 0 Å². The zero-order valence-electron chi connectivity index (χ0n) is 12.9. The molecule has 5 heteroatoms. The number of nitrogens with zero attached hydrogens (tertiary/aromatic N) is 3. The standard InChI is InChI=1S/C16H24BrN3O/c1-3-19(4-2)12-13-7-9-20(10-8-13)16(21)15-6-5-14(17)11-18-15/h5-6,11,13H,3-4,7-10,12H2,1-2H3. The number of pyridine rings is 1. The van der Waals surface area contributed by atoms with Gasteiger partial charge in [0.05, 0.1) is 0 Å². The van der Waals surface area contributed by atoms with Crippen molar-refractivity contribution in [3.8, 4) is 0 Å². The summed E-state index contributed by atoms with van der Waals surface area (Å²) in [7, 11) is 0. The van der Waals surface area contributed by atoms with Gasteiger partial charge in [0.1, 0.15) is 5.69 Å². The molecule has 1 amide bonds. The molecular weight excluding hydrogens is 330 g/mol. The number of amides is 1. The maximum atomic E-state index is 12.4. The Labute approximate surface area is 135 Å². The molecule has 2 rings (SSSR count). The van der Waals surface area contributed by atoms with Crippen molar-refractivity contribution >= 4 is 21.8 Å². The second kappa shape index (κ2) is 7.90. The average Bonchev–Trinajstić information content (AvgIpc) is 2.53. The van der Waals surface area contributed by atoms with Crippen LogP contribution in [0.4, 0.5) is 0 Å². The van der Waals surface area contributed by atoms with E-state index in [4.69, 9.17) is 0 Å². The van der Waals surface area contributed by atoms with Crippen LogP contribution in [0.25, 0.3) is 0 Å². The predicted molar refractivity (Wildman–Crippen MR) is 88.4 cm³/mol. The minimum Gasteiger partial charge on any atom is -0.337 e. The van der Waals surface area contributed by atoms with Gasteiger partial charge in [0, 0.05) is 30.3 Å². The van der Waals surface area contributed by atoms with Gasteiger partial charge >= 0.3 is 0 Å². The third kappa shape index (κ3) is 4.51. The molecule has 0 aliphatic carbocycles. The maximum absolute atomic E-state index is 12.4. The van der Waals surface area contributed by atoms with E-state index in [1.54, 1.807) is 12.3 Å². The minimum absolute atomic E-state index is 0.0591. The quantitative estimate of drug-likeness (QED) is 0.816. The molecule has 2 heterocycles. The van der Waals surface area contributed by atoms with Crippen molar-refractivity contribution in [3.63, 3.8) is 0 Å². The normalized spacial score (nSPS) is 16.5. The topological polar surface area (TPSA) is 36.4 Å². The van der Waals surface area contributed by atoms with E-state index < -0.39 is 0 Å². The number of piperidine rings is 1. The summed E-state index contributed by atoms with van der Waals surface area (Å²) < 4.78 is 0.900. The van der Waals surface area contributed by atoms with E-state index in [-0.39, 0.29) is 5.91 Å². The highest BCUT2D eigenvalue weighted by Gasteiger charge is 2.25. The molecule has 4 nitrogen and oxygen atoms in total. The maximum Gasteiger partial charge on any atom is 0.272 e. The summed E-state index contributed by atoms with van der Waals surface area (Å²) >= 11 is 3.34. The van der Waals surface area contributed by atoms with Crippen molar-refractivity contribution < 1.29 is 4.79 Å². The number of likely N-dealkylation sites (tertiary alicyclic amines) is 1. The Hall–Kier alpha value is -0.940.